The molecule has 3 fully saturated rings. The van der Waals surface area contributed by atoms with Crippen LogP contribution in [0.2, 0.25) is 5.02 Å². The summed E-state index contributed by atoms with van der Waals surface area (Å²) in [5.41, 5.74) is 0.832. The Morgan fingerprint density at radius 1 is 1.09 bits per heavy atom. The summed E-state index contributed by atoms with van der Waals surface area (Å²) >= 11 is 6.23. The molecule has 2 aromatic carbocycles. The lowest BCUT2D eigenvalue weighted by molar-refractivity contribution is -0.137. The molecule has 0 N–H and O–H groups in total. The summed E-state index contributed by atoms with van der Waals surface area (Å²) in [6, 6.07) is 12.4. The molecule has 4 aliphatic rings. The maximum Gasteiger partial charge on any atom is 0.253 e. The quantitative estimate of drug-likeness (QED) is 0.651. The number of fused-ring (bicyclic) bond motifs is 7. The summed E-state index contributed by atoms with van der Waals surface area (Å²) in [4.78, 5) is 47.3. The number of likely N-dealkylation sites (N-methyl/N-ethyl adjacent to an activating group) is 1. The smallest absolute Gasteiger partial charge is 0.253 e. The van der Waals surface area contributed by atoms with Crippen LogP contribution < -0.4 is 14.5 Å². The topological polar surface area (TPSA) is 70.2 Å². The Bertz CT molecular complexity index is 1220. The van der Waals surface area contributed by atoms with Gasteiger partial charge in [-0.25, -0.2) is 4.90 Å². The fourth-order valence-electron chi connectivity index (χ4n) is 6.73. The Labute approximate surface area is 196 Å². The molecule has 2 aromatic rings. The van der Waals surface area contributed by atoms with Crippen LogP contribution in [-0.2, 0) is 19.9 Å². The molecule has 0 aromatic heterocycles. The summed E-state index contributed by atoms with van der Waals surface area (Å²) in [5.74, 6) is -1.72. The first-order valence-corrected chi connectivity index (χ1v) is 11.7. The summed E-state index contributed by atoms with van der Waals surface area (Å²) in [7, 11) is 1.49. The number of ether oxygens (including phenoxy) is 1. The van der Waals surface area contributed by atoms with E-state index in [0.717, 1.165) is 24.1 Å². The molecular formula is C25H24ClN3O4. The van der Waals surface area contributed by atoms with Crippen LogP contribution in [0.3, 0.4) is 0 Å². The SMILES string of the molecule is CCN1C(=O)[C@@]2(c3ccccc31)[C@@H]1C(=O)N(c3cc(Cl)ccc3OC)C(=O)[C@@H]1[C@@H]1CCCN12. The standard InChI is InChI=1S/C25H24ClN3O4/c1-3-27-16-8-5-4-7-15(16)25(24(27)32)21-20(17-9-6-12-28(17)25)22(30)29(23(21)31)18-13-14(26)10-11-19(18)33-2/h4-5,7-8,10-11,13,17,20-21H,3,6,9,12H2,1-2H3/t17-,20+,21-,25+/m0/s1. The first kappa shape index (κ1) is 20.7. The van der Waals surface area contributed by atoms with E-state index in [1.807, 2.05) is 31.2 Å². The van der Waals surface area contributed by atoms with Crippen molar-refractivity contribution in [1.82, 2.24) is 4.90 Å². The van der Waals surface area contributed by atoms with Crippen molar-refractivity contribution in [2.24, 2.45) is 11.8 Å². The molecule has 4 aliphatic heterocycles. The normalized spacial score (nSPS) is 30.4. The molecule has 4 atom stereocenters. The number of benzene rings is 2. The first-order valence-electron chi connectivity index (χ1n) is 11.4. The van der Waals surface area contributed by atoms with Crippen LogP contribution in [0.15, 0.2) is 42.5 Å². The number of carbonyl (C=O) groups excluding carboxylic acids is 3. The second-order valence-corrected chi connectivity index (χ2v) is 9.50. The summed E-state index contributed by atoms with van der Waals surface area (Å²) in [6.07, 6.45) is 1.67. The van der Waals surface area contributed by atoms with Crippen molar-refractivity contribution in [1.29, 1.82) is 0 Å². The fourth-order valence-corrected chi connectivity index (χ4v) is 6.90. The van der Waals surface area contributed by atoms with E-state index in [1.54, 1.807) is 23.1 Å². The zero-order valence-corrected chi connectivity index (χ0v) is 19.2. The molecule has 1 spiro atoms. The van der Waals surface area contributed by atoms with Gasteiger partial charge in [-0.05, 0) is 50.6 Å². The number of para-hydroxylation sites is 1. The number of anilines is 2. The average molecular weight is 466 g/mol. The zero-order valence-electron chi connectivity index (χ0n) is 18.5. The highest BCUT2D eigenvalue weighted by Crippen LogP contribution is 2.62. The Morgan fingerprint density at radius 2 is 1.88 bits per heavy atom. The number of rotatable bonds is 3. The maximum absolute atomic E-state index is 14.1. The highest BCUT2D eigenvalue weighted by molar-refractivity contribution is 6.32. The van der Waals surface area contributed by atoms with Crippen molar-refractivity contribution in [2.45, 2.75) is 31.3 Å². The Morgan fingerprint density at radius 3 is 2.64 bits per heavy atom. The van der Waals surface area contributed by atoms with Gasteiger partial charge in [0.05, 0.1) is 24.6 Å². The Hall–Kier alpha value is -2.90. The minimum atomic E-state index is -1.16. The Kier molecular flexibility index (Phi) is 4.42. The second-order valence-electron chi connectivity index (χ2n) is 9.07. The van der Waals surface area contributed by atoms with Gasteiger partial charge in [-0.15, -0.1) is 0 Å². The molecule has 8 heteroatoms. The number of imide groups is 1. The van der Waals surface area contributed by atoms with Crippen LogP contribution in [-0.4, -0.2) is 48.9 Å². The average Bonchev–Trinajstić information content (AvgIpc) is 3.51. The molecule has 3 saturated heterocycles. The maximum atomic E-state index is 14.1. The lowest BCUT2D eigenvalue weighted by Gasteiger charge is -2.37. The van der Waals surface area contributed by atoms with Crippen molar-refractivity contribution in [3.8, 4) is 5.75 Å². The molecule has 7 nitrogen and oxygen atoms in total. The molecule has 6 rings (SSSR count). The van der Waals surface area contributed by atoms with Gasteiger partial charge >= 0.3 is 0 Å². The number of halogens is 1. The lowest BCUT2D eigenvalue weighted by atomic mass is 9.75. The van der Waals surface area contributed by atoms with E-state index < -0.39 is 17.4 Å². The number of nitrogens with zero attached hydrogens (tertiary/aromatic N) is 3. The third-order valence-corrected chi connectivity index (χ3v) is 8.08. The van der Waals surface area contributed by atoms with Gasteiger partial charge in [-0.1, -0.05) is 29.8 Å². The number of amides is 3. The molecule has 3 amide bonds. The minimum Gasteiger partial charge on any atom is -0.495 e. The van der Waals surface area contributed by atoms with Crippen LogP contribution >= 0.6 is 11.6 Å². The highest BCUT2D eigenvalue weighted by Gasteiger charge is 2.75. The molecule has 4 heterocycles. The molecule has 0 radical (unpaired) electrons. The fraction of sp³-hybridized carbons (Fsp3) is 0.400. The molecule has 170 valence electrons. The monoisotopic (exact) mass is 465 g/mol. The third kappa shape index (κ3) is 2.36. The molecule has 0 aliphatic carbocycles. The third-order valence-electron chi connectivity index (χ3n) is 7.84. The van der Waals surface area contributed by atoms with E-state index in [9.17, 15) is 14.4 Å². The van der Waals surface area contributed by atoms with Gasteiger partial charge in [0.25, 0.3) is 5.91 Å². The summed E-state index contributed by atoms with van der Waals surface area (Å²) < 4.78 is 5.46. The van der Waals surface area contributed by atoms with E-state index >= 15 is 0 Å². The second kappa shape index (κ2) is 7.05. The number of carbonyl (C=O) groups is 3. The van der Waals surface area contributed by atoms with E-state index in [1.165, 1.54) is 12.0 Å². The van der Waals surface area contributed by atoms with Crippen molar-refractivity contribution in [3.63, 3.8) is 0 Å². The van der Waals surface area contributed by atoms with Gasteiger partial charge in [-0.3, -0.25) is 19.3 Å². The van der Waals surface area contributed by atoms with Gasteiger partial charge in [0.15, 0.2) is 0 Å². The molecule has 0 unspecified atom stereocenters. The predicted molar refractivity (Wildman–Crippen MR) is 123 cm³/mol. The molecule has 0 bridgehead atoms. The first-order chi connectivity index (χ1) is 16.0. The summed E-state index contributed by atoms with van der Waals surface area (Å²) in [6.45, 7) is 3.13. The van der Waals surface area contributed by atoms with Crippen LogP contribution in [0.5, 0.6) is 5.75 Å². The number of hydrogen-bond donors (Lipinski definition) is 0. The minimum absolute atomic E-state index is 0.105. The van der Waals surface area contributed by atoms with Crippen molar-refractivity contribution in [2.75, 3.05) is 30.0 Å². The summed E-state index contributed by atoms with van der Waals surface area (Å²) in [5, 5.41) is 0.403. The van der Waals surface area contributed by atoms with Crippen LogP contribution in [0.4, 0.5) is 11.4 Å². The van der Waals surface area contributed by atoms with Gasteiger partial charge < -0.3 is 9.64 Å². The van der Waals surface area contributed by atoms with Crippen molar-refractivity contribution in [3.05, 3.63) is 53.1 Å². The number of hydrogen-bond acceptors (Lipinski definition) is 5. The Balaban J connectivity index is 1.57. The van der Waals surface area contributed by atoms with Crippen LogP contribution in [0.1, 0.15) is 25.3 Å². The molecule has 33 heavy (non-hydrogen) atoms. The largest absolute Gasteiger partial charge is 0.495 e. The lowest BCUT2D eigenvalue weighted by Crippen LogP contribution is -2.56. The van der Waals surface area contributed by atoms with Crippen LogP contribution in [0, 0.1) is 11.8 Å². The number of methoxy groups -OCH3 is 1. The van der Waals surface area contributed by atoms with Gasteiger partial charge in [-0.2, -0.15) is 0 Å². The van der Waals surface area contributed by atoms with Gasteiger partial charge in [0.2, 0.25) is 11.8 Å². The molecular weight excluding hydrogens is 442 g/mol. The van der Waals surface area contributed by atoms with Crippen LogP contribution in [0.25, 0.3) is 0 Å². The van der Waals surface area contributed by atoms with E-state index in [4.69, 9.17) is 16.3 Å². The van der Waals surface area contributed by atoms with E-state index in [0.29, 0.717) is 29.5 Å². The predicted octanol–water partition coefficient (Wildman–Crippen LogP) is 3.19. The van der Waals surface area contributed by atoms with E-state index in [2.05, 4.69) is 4.90 Å². The zero-order chi connectivity index (χ0) is 23.1. The van der Waals surface area contributed by atoms with Gasteiger partial charge in [0, 0.05) is 28.9 Å². The van der Waals surface area contributed by atoms with Crippen molar-refractivity contribution >= 4 is 40.7 Å². The molecule has 0 saturated carbocycles. The van der Waals surface area contributed by atoms with Crippen molar-refractivity contribution < 1.29 is 19.1 Å². The highest BCUT2D eigenvalue weighted by atomic mass is 35.5. The van der Waals surface area contributed by atoms with Gasteiger partial charge in [0.1, 0.15) is 11.3 Å². The van der Waals surface area contributed by atoms with E-state index in [-0.39, 0.29) is 23.8 Å².